The second kappa shape index (κ2) is 8.53. The third-order valence-corrected chi connectivity index (χ3v) is 5.49. The van der Waals surface area contributed by atoms with Gasteiger partial charge in [-0.1, -0.05) is 64.6 Å². The number of aryl methyl sites for hydroxylation is 1. The lowest BCUT2D eigenvalue weighted by Crippen LogP contribution is -2.45. The summed E-state index contributed by atoms with van der Waals surface area (Å²) >= 11 is 1.13. The first-order valence-electron chi connectivity index (χ1n) is 9.61. The summed E-state index contributed by atoms with van der Waals surface area (Å²) < 4.78 is 3.81. The Morgan fingerprint density at radius 2 is 1.86 bits per heavy atom. The highest BCUT2D eigenvalue weighted by molar-refractivity contribution is 7.03. The monoisotopic (exact) mass is 406 g/mol. The maximum absolute atomic E-state index is 13.3. The van der Waals surface area contributed by atoms with Crippen LogP contribution < -0.4 is 5.32 Å². The van der Waals surface area contributed by atoms with Gasteiger partial charge in [0.25, 0.3) is 5.91 Å². The number of carbonyl (C=O) groups is 2. The van der Waals surface area contributed by atoms with E-state index in [2.05, 4.69) is 14.9 Å². The van der Waals surface area contributed by atoms with Gasteiger partial charge in [-0.3, -0.25) is 9.59 Å². The van der Waals surface area contributed by atoms with Crippen LogP contribution in [0.25, 0.3) is 0 Å². The minimum Gasteiger partial charge on any atom is -0.350 e. The van der Waals surface area contributed by atoms with Gasteiger partial charge < -0.3 is 10.2 Å². The van der Waals surface area contributed by atoms with Gasteiger partial charge in [0.2, 0.25) is 5.91 Å². The van der Waals surface area contributed by atoms with Gasteiger partial charge in [-0.15, -0.1) is 5.10 Å². The number of amides is 2. The molecule has 1 saturated carbocycles. The number of benzene rings is 2. The van der Waals surface area contributed by atoms with Crippen LogP contribution in [0.5, 0.6) is 0 Å². The molecule has 1 fully saturated rings. The Balaban J connectivity index is 1.64. The lowest BCUT2D eigenvalue weighted by molar-refractivity contribution is -0.126. The first-order chi connectivity index (χ1) is 14.1. The summed E-state index contributed by atoms with van der Waals surface area (Å²) in [5, 5.41) is 8.58. The van der Waals surface area contributed by atoms with E-state index in [1.807, 2.05) is 61.5 Å². The molecule has 0 radical (unpaired) electrons. The van der Waals surface area contributed by atoms with Gasteiger partial charge >= 0.3 is 0 Å². The number of nitrogens with zero attached hydrogens (tertiary/aromatic N) is 3. The molecule has 3 aromatic rings. The molecule has 6 nitrogen and oxygen atoms in total. The van der Waals surface area contributed by atoms with Crippen molar-refractivity contribution in [2.24, 2.45) is 0 Å². The summed E-state index contributed by atoms with van der Waals surface area (Å²) in [6.07, 6.45) is 1.77. The van der Waals surface area contributed by atoms with Crippen LogP contribution in [0, 0.1) is 6.92 Å². The standard InChI is InChI=1S/C22H22N4O2S/c1-15-7-9-17(10-8-15)20(21(27)23-13-16-5-3-2-4-6-16)26(18-11-12-18)22(28)19-14-29-25-24-19/h2-10,14,18,20H,11-13H2,1H3,(H,23,27)/t20-/m1/s1. The molecular formula is C22H22N4O2S. The van der Waals surface area contributed by atoms with Crippen LogP contribution in [0.1, 0.15) is 46.1 Å². The number of aromatic nitrogens is 2. The summed E-state index contributed by atoms with van der Waals surface area (Å²) in [4.78, 5) is 28.2. The molecule has 29 heavy (non-hydrogen) atoms. The second-order valence-electron chi connectivity index (χ2n) is 7.25. The molecule has 1 aliphatic rings. The topological polar surface area (TPSA) is 75.2 Å². The zero-order valence-corrected chi connectivity index (χ0v) is 16.9. The lowest BCUT2D eigenvalue weighted by Gasteiger charge is -2.31. The van der Waals surface area contributed by atoms with Gasteiger partial charge in [0, 0.05) is 18.0 Å². The van der Waals surface area contributed by atoms with Crippen molar-refractivity contribution < 1.29 is 9.59 Å². The minimum atomic E-state index is -0.707. The van der Waals surface area contributed by atoms with Crippen LogP contribution in [0.15, 0.2) is 60.0 Å². The minimum absolute atomic E-state index is 0.0398. The first-order valence-corrected chi connectivity index (χ1v) is 10.4. The number of hydrogen-bond acceptors (Lipinski definition) is 5. The molecule has 0 unspecified atom stereocenters. The van der Waals surface area contributed by atoms with Crippen LogP contribution in [0.3, 0.4) is 0 Å². The van der Waals surface area contributed by atoms with E-state index in [-0.39, 0.29) is 23.6 Å². The maximum Gasteiger partial charge on any atom is 0.276 e. The molecule has 1 atom stereocenters. The Hall–Kier alpha value is -3.06. The SMILES string of the molecule is Cc1ccc([C@H](C(=O)NCc2ccccc2)N(C(=O)c2csnn2)C2CC2)cc1. The predicted molar refractivity (Wildman–Crippen MR) is 111 cm³/mol. The van der Waals surface area contributed by atoms with Gasteiger partial charge in [-0.2, -0.15) is 0 Å². The van der Waals surface area contributed by atoms with E-state index in [1.54, 1.807) is 10.3 Å². The average molecular weight is 407 g/mol. The highest BCUT2D eigenvalue weighted by Crippen LogP contribution is 2.36. The third-order valence-electron chi connectivity index (χ3n) is 4.98. The molecule has 0 saturated heterocycles. The summed E-state index contributed by atoms with van der Waals surface area (Å²) in [5.74, 6) is -0.442. The fourth-order valence-corrected chi connectivity index (χ4v) is 3.74. The van der Waals surface area contributed by atoms with E-state index in [1.165, 1.54) is 0 Å². The Bertz CT molecular complexity index is 970. The molecule has 1 aromatic heterocycles. The molecule has 2 amide bonds. The van der Waals surface area contributed by atoms with Crippen LogP contribution >= 0.6 is 11.5 Å². The Kier molecular flexibility index (Phi) is 5.67. The number of hydrogen-bond donors (Lipinski definition) is 1. The third kappa shape index (κ3) is 4.51. The average Bonchev–Trinajstić information content (AvgIpc) is 3.43. The van der Waals surface area contributed by atoms with Gasteiger partial charge in [-0.25, -0.2) is 0 Å². The van der Waals surface area contributed by atoms with E-state index in [0.29, 0.717) is 6.54 Å². The molecular weight excluding hydrogens is 384 g/mol. The molecule has 7 heteroatoms. The fraction of sp³-hybridized carbons (Fsp3) is 0.273. The van der Waals surface area contributed by atoms with Crippen LogP contribution in [-0.2, 0) is 11.3 Å². The lowest BCUT2D eigenvalue weighted by atomic mass is 10.0. The summed E-state index contributed by atoms with van der Waals surface area (Å²) in [6, 6.07) is 16.8. The van der Waals surface area contributed by atoms with Crippen molar-refractivity contribution in [3.05, 3.63) is 82.4 Å². The number of rotatable bonds is 7. The van der Waals surface area contributed by atoms with Crippen molar-refractivity contribution in [2.45, 2.75) is 38.4 Å². The summed E-state index contributed by atoms with van der Waals surface area (Å²) in [6.45, 7) is 2.41. The number of nitrogens with one attached hydrogen (secondary N) is 1. The van der Waals surface area contributed by atoms with Crippen molar-refractivity contribution in [3.8, 4) is 0 Å². The molecule has 0 aliphatic heterocycles. The molecule has 1 N–H and O–H groups in total. The zero-order valence-electron chi connectivity index (χ0n) is 16.1. The molecule has 0 bridgehead atoms. The first kappa shape index (κ1) is 19.3. The maximum atomic E-state index is 13.3. The second-order valence-corrected chi connectivity index (χ2v) is 7.86. The highest BCUT2D eigenvalue weighted by Gasteiger charge is 2.42. The smallest absolute Gasteiger partial charge is 0.276 e. The largest absolute Gasteiger partial charge is 0.350 e. The van der Waals surface area contributed by atoms with Crippen LogP contribution in [0.4, 0.5) is 0 Å². The molecule has 4 rings (SSSR count). The Morgan fingerprint density at radius 1 is 1.14 bits per heavy atom. The van der Waals surface area contributed by atoms with Crippen molar-refractivity contribution >= 4 is 23.3 Å². The number of carbonyl (C=O) groups excluding carboxylic acids is 2. The molecule has 2 aromatic carbocycles. The Labute approximate surface area is 173 Å². The van der Waals surface area contributed by atoms with Crippen molar-refractivity contribution in [1.82, 2.24) is 19.8 Å². The van der Waals surface area contributed by atoms with Gasteiger partial charge in [-0.05, 0) is 42.4 Å². The fourth-order valence-electron chi connectivity index (χ4n) is 3.31. The van der Waals surface area contributed by atoms with E-state index in [9.17, 15) is 9.59 Å². The normalized spacial score (nSPS) is 14.2. The van der Waals surface area contributed by atoms with Crippen molar-refractivity contribution in [2.75, 3.05) is 0 Å². The summed E-state index contributed by atoms with van der Waals surface area (Å²) in [7, 11) is 0. The quantitative estimate of drug-likeness (QED) is 0.652. The highest BCUT2D eigenvalue weighted by atomic mass is 32.1. The molecule has 1 heterocycles. The predicted octanol–water partition coefficient (Wildman–Crippen LogP) is 3.51. The summed E-state index contributed by atoms with van der Waals surface area (Å²) in [5.41, 5.74) is 3.20. The molecule has 148 valence electrons. The van der Waals surface area contributed by atoms with Gasteiger partial charge in [0.1, 0.15) is 6.04 Å². The van der Waals surface area contributed by atoms with Gasteiger partial charge in [0.15, 0.2) is 5.69 Å². The van der Waals surface area contributed by atoms with E-state index >= 15 is 0 Å². The van der Waals surface area contributed by atoms with E-state index in [0.717, 1.165) is 41.1 Å². The zero-order chi connectivity index (χ0) is 20.2. The molecule has 1 aliphatic carbocycles. The van der Waals surface area contributed by atoms with Crippen molar-refractivity contribution in [3.63, 3.8) is 0 Å². The van der Waals surface area contributed by atoms with E-state index < -0.39 is 6.04 Å². The van der Waals surface area contributed by atoms with Crippen LogP contribution in [-0.4, -0.2) is 32.3 Å². The Morgan fingerprint density at radius 3 is 2.48 bits per heavy atom. The van der Waals surface area contributed by atoms with Gasteiger partial charge in [0.05, 0.1) is 0 Å². The van der Waals surface area contributed by atoms with Crippen LogP contribution in [0.2, 0.25) is 0 Å². The van der Waals surface area contributed by atoms with Crippen molar-refractivity contribution in [1.29, 1.82) is 0 Å². The van der Waals surface area contributed by atoms with E-state index in [4.69, 9.17) is 0 Å². The molecule has 0 spiro atoms.